The summed E-state index contributed by atoms with van der Waals surface area (Å²) in [6, 6.07) is 9.35. The molecule has 4 nitrogen and oxygen atoms in total. The summed E-state index contributed by atoms with van der Waals surface area (Å²) in [5.41, 5.74) is 7.81. The zero-order valence-electron chi connectivity index (χ0n) is 11.3. The SMILES string of the molecule is Cc1occc1C(=O)NCc1ccc(C#CCN)cc1. The summed E-state index contributed by atoms with van der Waals surface area (Å²) in [6.07, 6.45) is 1.51. The minimum Gasteiger partial charge on any atom is -0.469 e. The normalized spacial score (nSPS) is 9.70. The molecule has 0 bridgehead atoms. The molecular weight excluding hydrogens is 252 g/mol. The lowest BCUT2D eigenvalue weighted by atomic mass is 10.1. The third-order valence-electron chi connectivity index (χ3n) is 2.85. The van der Waals surface area contributed by atoms with Gasteiger partial charge in [0.05, 0.1) is 18.4 Å². The van der Waals surface area contributed by atoms with E-state index in [1.165, 1.54) is 6.26 Å². The van der Waals surface area contributed by atoms with Crippen LogP contribution >= 0.6 is 0 Å². The number of amides is 1. The average Bonchev–Trinajstić information content (AvgIpc) is 2.90. The summed E-state index contributed by atoms with van der Waals surface area (Å²) in [6.45, 7) is 2.58. The van der Waals surface area contributed by atoms with Crippen LogP contribution in [0.5, 0.6) is 0 Å². The third kappa shape index (κ3) is 3.50. The van der Waals surface area contributed by atoms with Crippen LogP contribution in [0.4, 0.5) is 0 Å². The van der Waals surface area contributed by atoms with Crippen LogP contribution in [0.25, 0.3) is 0 Å². The fourth-order valence-electron chi connectivity index (χ4n) is 1.76. The highest BCUT2D eigenvalue weighted by atomic mass is 16.3. The van der Waals surface area contributed by atoms with Crippen LogP contribution < -0.4 is 11.1 Å². The van der Waals surface area contributed by atoms with E-state index in [2.05, 4.69) is 17.2 Å². The first-order valence-corrected chi connectivity index (χ1v) is 6.31. The number of hydrogen-bond donors (Lipinski definition) is 2. The topological polar surface area (TPSA) is 68.3 Å². The Morgan fingerprint density at radius 3 is 2.65 bits per heavy atom. The maximum absolute atomic E-state index is 11.9. The van der Waals surface area contributed by atoms with Gasteiger partial charge in [0.15, 0.2) is 0 Å². The molecule has 2 aromatic rings. The van der Waals surface area contributed by atoms with E-state index in [9.17, 15) is 4.79 Å². The lowest BCUT2D eigenvalue weighted by molar-refractivity contribution is 0.0949. The number of furan rings is 1. The molecule has 1 heterocycles. The van der Waals surface area contributed by atoms with E-state index in [4.69, 9.17) is 10.2 Å². The van der Waals surface area contributed by atoms with E-state index >= 15 is 0 Å². The van der Waals surface area contributed by atoms with Crippen molar-refractivity contribution in [3.63, 3.8) is 0 Å². The van der Waals surface area contributed by atoms with Crippen molar-refractivity contribution >= 4 is 5.91 Å². The van der Waals surface area contributed by atoms with Gasteiger partial charge in [-0.05, 0) is 30.7 Å². The molecule has 4 heteroatoms. The second-order valence-corrected chi connectivity index (χ2v) is 4.28. The molecule has 2 rings (SSSR count). The van der Waals surface area contributed by atoms with Gasteiger partial charge in [-0.15, -0.1) is 0 Å². The van der Waals surface area contributed by atoms with Crippen LogP contribution in [0.15, 0.2) is 41.0 Å². The van der Waals surface area contributed by atoms with E-state index in [1.54, 1.807) is 13.0 Å². The highest BCUT2D eigenvalue weighted by molar-refractivity contribution is 5.94. The van der Waals surface area contributed by atoms with Gasteiger partial charge >= 0.3 is 0 Å². The molecule has 0 aliphatic heterocycles. The summed E-state index contributed by atoms with van der Waals surface area (Å²) < 4.78 is 5.10. The second kappa shape index (κ2) is 6.60. The maximum atomic E-state index is 11.9. The van der Waals surface area contributed by atoms with Gasteiger partial charge in [-0.2, -0.15) is 0 Å². The van der Waals surface area contributed by atoms with Gasteiger partial charge in [-0.25, -0.2) is 0 Å². The molecular formula is C16H16N2O2. The lowest BCUT2D eigenvalue weighted by Gasteiger charge is -2.04. The average molecular weight is 268 g/mol. The van der Waals surface area contributed by atoms with Crippen molar-refractivity contribution in [3.8, 4) is 11.8 Å². The highest BCUT2D eigenvalue weighted by Gasteiger charge is 2.10. The quantitative estimate of drug-likeness (QED) is 0.834. The number of rotatable bonds is 3. The zero-order chi connectivity index (χ0) is 14.4. The largest absolute Gasteiger partial charge is 0.469 e. The number of nitrogens with one attached hydrogen (secondary N) is 1. The first-order chi connectivity index (χ1) is 9.70. The minimum absolute atomic E-state index is 0.136. The molecule has 0 unspecified atom stereocenters. The Balaban J connectivity index is 1.94. The van der Waals surface area contributed by atoms with E-state index in [1.807, 2.05) is 24.3 Å². The fraction of sp³-hybridized carbons (Fsp3) is 0.188. The third-order valence-corrected chi connectivity index (χ3v) is 2.85. The molecule has 1 aromatic carbocycles. The van der Waals surface area contributed by atoms with E-state index in [0.29, 0.717) is 24.4 Å². The number of carbonyl (C=O) groups excluding carboxylic acids is 1. The molecule has 0 aliphatic rings. The van der Waals surface area contributed by atoms with Crippen molar-refractivity contribution in [1.82, 2.24) is 5.32 Å². The van der Waals surface area contributed by atoms with Gasteiger partial charge in [-0.3, -0.25) is 4.79 Å². The van der Waals surface area contributed by atoms with Crippen LogP contribution in [0.3, 0.4) is 0 Å². The number of aryl methyl sites for hydroxylation is 1. The van der Waals surface area contributed by atoms with Gasteiger partial charge in [0, 0.05) is 12.1 Å². The second-order valence-electron chi connectivity index (χ2n) is 4.28. The Morgan fingerprint density at radius 2 is 2.05 bits per heavy atom. The molecule has 20 heavy (non-hydrogen) atoms. The van der Waals surface area contributed by atoms with Crippen molar-refractivity contribution in [2.75, 3.05) is 6.54 Å². The van der Waals surface area contributed by atoms with E-state index in [0.717, 1.165) is 11.1 Å². The van der Waals surface area contributed by atoms with Crippen LogP contribution in [0.1, 0.15) is 27.2 Å². The van der Waals surface area contributed by atoms with E-state index in [-0.39, 0.29) is 5.91 Å². The Hall–Kier alpha value is -2.51. The Labute approximate surface area is 118 Å². The van der Waals surface area contributed by atoms with E-state index < -0.39 is 0 Å². The molecule has 0 fully saturated rings. The molecule has 0 radical (unpaired) electrons. The smallest absolute Gasteiger partial charge is 0.255 e. The van der Waals surface area contributed by atoms with Crippen LogP contribution in [-0.2, 0) is 6.54 Å². The monoisotopic (exact) mass is 268 g/mol. The first-order valence-electron chi connectivity index (χ1n) is 6.31. The van der Waals surface area contributed by atoms with Crippen molar-refractivity contribution in [2.24, 2.45) is 5.73 Å². The summed E-state index contributed by atoms with van der Waals surface area (Å²) >= 11 is 0. The summed E-state index contributed by atoms with van der Waals surface area (Å²) in [5, 5.41) is 2.85. The summed E-state index contributed by atoms with van der Waals surface area (Å²) in [4.78, 5) is 11.9. The molecule has 0 spiro atoms. The van der Waals surface area contributed by atoms with Gasteiger partial charge in [0.1, 0.15) is 5.76 Å². The molecule has 0 saturated carbocycles. The summed E-state index contributed by atoms with van der Waals surface area (Å²) in [5.74, 6) is 6.23. The minimum atomic E-state index is -0.136. The number of benzene rings is 1. The Morgan fingerprint density at radius 1 is 1.30 bits per heavy atom. The molecule has 0 saturated heterocycles. The highest BCUT2D eigenvalue weighted by Crippen LogP contribution is 2.09. The predicted molar refractivity (Wildman–Crippen MR) is 77.0 cm³/mol. The number of carbonyl (C=O) groups is 1. The molecule has 0 atom stereocenters. The maximum Gasteiger partial charge on any atom is 0.255 e. The standard InChI is InChI=1S/C16H16N2O2/c1-12-15(8-10-20-12)16(19)18-11-14-6-4-13(5-7-14)3-2-9-17/h4-8,10H,9,11,17H2,1H3,(H,18,19). The van der Waals surface area contributed by atoms with Crippen molar-refractivity contribution in [2.45, 2.75) is 13.5 Å². The zero-order valence-corrected chi connectivity index (χ0v) is 11.3. The number of hydrogen-bond acceptors (Lipinski definition) is 3. The van der Waals surface area contributed by atoms with Gasteiger partial charge in [0.25, 0.3) is 5.91 Å². The van der Waals surface area contributed by atoms with Crippen LogP contribution in [0.2, 0.25) is 0 Å². The van der Waals surface area contributed by atoms with Gasteiger partial charge < -0.3 is 15.5 Å². The Bertz CT molecular complexity index is 645. The molecule has 1 aromatic heterocycles. The molecule has 102 valence electrons. The van der Waals surface area contributed by atoms with Crippen LogP contribution in [0, 0.1) is 18.8 Å². The first kappa shape index (κ1) is 13.9. The van der Waals surface area contributed by atoms with Crippen molar-refractivity contribution < 1.29 is 9.21 Å². The van der Waals surface area contributed by atoms with Gasteiger partial charge in [-0.1, -0.05) is 24.0 Å². The molecule has 3 N–H and O–H groups in total. The predicted octanol–water partition coefficient (Wildman–Crippen LogP) is 1.83. The van der Waals surface area contributed by atoms with Crippen molar-refractivity contribution in [3.05, 3.63) is 59.0 Å². The molecule has 0 aliphatic carbocycles. The fourth-order valence-corrected chi connectivity index (χ4v) is 1.76. The summed E-state index contributed by atoms with van der Waals surface area (Å²) in [7, 11) is 0. The Kier molecular flexibility index (Phi) is 4.59. The number of nitrogens with two attached hydrogens (primary N) is 1. The lowest BCUT2D eigenvalue weighted by Crippen LogP contribution is -2.22. The van der Waals surface area contributed by atoms with Crippen LogP contribution in [-0.4, -0.2) is 12.5 Å². The van der Waals surface area contributed by atoms with Gasteiger partial charge in [0.2, 0.25) is 0 Å². The molecule has 1 amide bonds. The van der Waals surface area contributed by atoms with Crippen molar-refractivity contribution in [1.29, 1.82) is 0 Å².